The Labute approximate surface area is 189 Å². The molecule has 0 aliphatic heterocycles. The maximum atomic E-state index is 12.6. The Balaban J connectivity index is 5.02. The van der Waals surface area contributed by atoms with Gasteiger partial charge < -0.3 is 48.5 Å². The van der Waals surface area contributed by atoms with Gasteiger partial charge in [-0.2, -0.15) is 11.8 Å². The maximum Gasteiger partial charge on any atom is 0.328 e. The second-order valence-electron chi connectivity index (χ2n) is 6.72. The topological polar surface area (TPSA) is 255 Å². The standard InChI is InChI=1S/C17H33N7O7S/c1-32-6-4-10(22-13(27)9(18)3-2-5-21-17(19)20)14(28)23-11(7-25)15(29)24-12(8-26)16(30)31/h9-12,25-26H,2-8,18H2,1H3,(H,22,27)(H,23,28)(H,24,29)(H,30,31)(H4,19,20,21). The van der Waals surface area contributed by atoms with Gasteiger partial charge in [-0.15, -0.1) is 0 Å². The highest BCUT2D eigenvalue weighted by Gasteiger charge is 2.29. The molecule has 0 aromatic rings. The van der Waals surface area contributed by atoms with Crippen LogP contribution in [0.1, 0.15) is 19.3 Å². The lowest BCUT2D eigenvalue weighted by Gasteiger charge is -2.24. The number of nitrogens with two attached hydrogens (primary N) is 3. The van der Waals surface area contributed by atoms with Gasteiger partial charge in [-0.3, -0.25) is 19.4 Å². The lowest BCUT2D eigenvalue weighted by Crippen LogP contribution is -2.58. The van der Waals surface area contributed by atoms with Gasteiger partial charge >= 0.3 is 5.97 Å². The molecule has 0 bridgehead atoms. The summed E-state index contributed by atoms with van der Waals surface area (Å²) < 4.78 is 0. The van der Waals surface area contributed by atoms with E-state index >= 15 is 0 Å². The van der Waals surface area contributed by atoms with Crippen LogP contribution in [0, 0.1) is 0 Å². The number of carboxylic acid groups (broad SMARTS) is 1. The lowest BCUT2D eigenvalue weighted by atomic mass is 10.1. The Morgan fingerprint density at radius 3 is 1.94 bits per heavy atom. The van der Waals surface area contributed by atoms with Crippen LogP contribution in [0.25, 0.3) is 0 Å². The Hall–Kier alpha value is -2.62. The van der Waals surface area contributed by atoms with E-state index in [-0.39, 0.29) is 25.3 Å². The number of amides is 3. The highest BCUT2D eigenvalue weighted by Crippen LogP contribution is 2.04. The third kappa shape index (κ3) is 11.7. The molecular weight excluding hydrogens is 446 g/mol. The van der Waals surface area contributed by atoms with Gasteiger partial charge in [0, 0.05) is 6.54 Å². The number of carboxylic acids is 1. The molecule has 12 N–H and O–H groups in total. The molecule has 0 saturated carbocycles. The number of carbonyl (C=O) groups is 4. The molecule has 0 saturated heterocycles. The van der Waals surface area contributed by atoms with E-state index in [9.17, 15) is 24.3 Å². The van der Waals surface area contributed by atoms with Crippen molar-refractivity contribution in [3.63, 3.8) is 0 Å². The van der Waals surface area contributed by atoms with Crippen LogP contribution >= 0.6 is 11.8 Å². The minimum Gasteiger partial charge on any atom is -0.480 e. The van der Waals surface area contributed by atoms with Crippen molar-refractivity contribution >= 4 is 41.4 Å². The van der Waals surface area contributed by atoms with Gasteiger partial charge in [0.2, 0.25) is 17.7 Å². The molecular formula is C17H33N7O7S. The van der Waals surface area contributed by atoms with Crippen molar-refractivity contribution in [3.05, 3.63) is 0 Å². The number of guanidine groups is 1. The number of aliphatic hydroxyl groups excluding tert-OH is 2. The van der Waals surface area contributed by atoms with Crippen molar-refractivity contribution < 1.29 is 34.5 Å². The Bertz CT molecular complexity index is 661. The largest absolute Gasteiger partial charge is 0.480 e. The second-order valence-corrected chi connectivity index (χ2v) is 7.71. The SMILES string of the molecule is CSCCC(NC(=O)C(N)CCCN=C(N)N)C(=O)NC(CO)C(=O)NC(CO)C(=O)O. The van der Waals surface area contributed by atoms with E-state index in [4.69, 9.17) is 27.4 Å². The van der Waals surface area contributed by atoms with Crippen molar-refractivity contribution in [2.75, 3.05) is 31.8 Å². The van der Waals surface area contributed by atoms with Crippen molar-refractivity contribution in [2.24, 2.45) is 22.2 Å². The van der Waals surface area contributed by atoms with Crippen molar-refractivity contribution in [1.82, 2.24) is 16.0 Å². The predicted molar refractivity (Wildman–Crippen MR) is 118 cm³/mol. The summed E-state index contributed by atoms with van der Waals surface area (Å²) in [7, 11) is 0. The number of thioether (sulfide) groups is 1. The van der Waals surface area contributed by atoms with E-state index < -0.39 is 61.1 Å². The molecule has 0 fully saturated rings. The average molecular weight is 480 g/mol. The number of nitrogens with zero attached hydrogens (tertiary/aromatic N) is 1. The molecule has 3 amide bonds. The molecule has 0 heterocycles. The van der Waals surface area contributed by atoms with E-state index in [1.165, 1.54) is 11.8 Å². The number of hydrogen-bond donors (Lipinski definition) is 9. The van der Waals surface area contributed by atoms with E-state index in [2.05, 4.69) is 15.6 Å². The van der Waals surface area contributed by atoms with Gasteiger partial charge in [-0.1, -0.05) is 0 Å². The molecule has 0 aromatic heterocycles. The number of rotatable bonds is 16. The zero-order chi connectivity index (χ0) is 24.7. The summed E-state index contributed by atoms with van der Waals surface area (Å²) in [4.78, 5) is 51.9. The molecule has 4 atom stereocenters. The summed E-state index contributed by atoms with van der Waals surface area (Å²) >= 11 is 1.43. The summed E-state index contributed by atoms with van der Waals surface area (Å²) in [6.45, 7) is -1.42. The fourth-order valence-corrected chi connectivity index (χ4v) is 2.83. The first kappa shape index (κ1) is 29.4. The summed E-state index contributed by atoms with van der Waals surface area (Å²) in [6, 6.07) is -5.06. The number of carbonyl (C=O) groups excluding carboxylic acids is 3. The molecule has 0 spiro atoms. The zero-order valence-electron chi connectivity index (χ0n) is 17.8. The van der Waals surface area contributed by atoms with Crippen molar-refractivity contribution in [2.45, 2.75) is 43.4 Å². The minimum atomic E-state index is -1.60. The highest BCUT2D eigenvalue weighted by atomic mass is 32.2. The van der Waals surface area contributed by atoms with E-state index in [1.807, 2.05) is 5.32 Å². The summed E-state index contributed by atoms with van der Waals surface area (Å²) in [5, 5.41) is 34.1. The number of nitrogens with one attached hydrogen (secondary N) is 3. The maximum absolute atomic E-state index is 12.6. The van der Waals surface area contributed by atoms with E-state index in [1.54, 1.807) is 6.26 Å². The zero-order valence-corrected chi connectivity index (χ0v) is 18.6. The van der Waals surface area contributed by atoms with E-state index in [0.29, 0.717) is 12.2 Å². The van der Waals surface area contributed by atoms with Gasteiger partial charge in [0.25, 0.3) is 0 Å². The average Bonchev–Trinajstić information content (AvgIpc) is 2.74. The molecule has 15 heteroatoms. The Morgan fingerprint density at radius 2 is 1.44 bits per heavy atom. The normalized spacial score (nSPS) is 14.4. The Morgan fingerprint density at radius 1 is 0.906 bits per heavy atom. The van der Waals surface area contributed by atoms with Crippen LogP contribution < -0.4 is 33.2 Å². The van der Waals surface area contributed by atoms with Gasteiger partial charge in [0.05, 0.1) is 19.3 Å². The van der Waals surface area contributed by atoms with Gasteiger partial charge in [-0.25, -0.2) is 4.79 Å². The predicted octanol–water partition coefficient (Wildman–Crippen LogP) is -4.36. The third-order valence-electron chi connectivity index (χ3n) is 4.16. The van der Waals surface area contributed by atoms with Crippen LogP contribution in [0.15, 0.2) is 4.99 Å². The minimum absolute atomic E-state index is 0.0760. The molecule has 0 radical (unpaired) electrons. The molecule has 0 aromatic carbocycles. The first-order valence-electron chi connectivity index (χ1n) is 9.72. The molecule has 0 aliphatic carbocycles. The van der Waals surface area contributed by atoms with Crippen LogP contribution in [-0.4, -0.2) is 101 Å². The molecule has 0 rings (SSSR count). The van der Waals surface area contributed by atoms with Crippen LogP contribution in [0.4, 0.5) is 0 Å². The first-order valence-corrected chi connectivity index (χ1v) is 11.1. The molecule has 32 heavy (non-hydrogen) atoms. The fraction of sp³-hybridized carbons (Fsp3) is 0.706. The summed E-state index contributed by atoms with van der Waals surface area (Å²) in [6.07, 6.45) is 2.72. The molecule has 0 aliphatic rings. The van der Waals surface area contributed by atoms with Crippen LogP contribution in [-0.2, 0) is 19.2 Å². The molecule has 184 valence electrons. The van der Waals surface area contributed by atoms with Crippen LogP contribution in [0.5, 0.6) is 0 Å². The van der Waals surface area contributed by atoms with Gasteiger partial charge in [0.1, 0.15) is 18.1 Å². The van der Waals surface area contributed by atoms with Crippen LogP contribution in [0.3, 0.4) is 0 Å². The van der Waals surface area contributed by atoms with Crippen LogP contribution in [0.2, 0.25) is 0 Å². The number of aliphatic carboxylic acids is 1. The number of aliphatic hydroxyl groups is 2. The third-order valence-corrected chi connectivity index (χ3v) is 4.80. The first-order chi connectivity index (χ1) is 15.1. The lowest BCUT2D eigenvalue weighted by molar-refractivity contribution is -0.143. The number of aliphatic imine (C=N–C) groups is 1. The van der Waals surface area contributed by atoms with E-state index in [0.717, 1.165) is 0 Å². The van der Waals surface area contributed by atoms with Gasteiger partial charge in [0.15, 0.2) is 5.96 Å². The fourth-order valence-electron chi connectivity index (χ4n) is 2.36. The highest BCUT2D eigenvalue weighted by molar-refractivity contribution is 7.98. The monoisotopic (exact) mass is 479 g/mol. The quantitative estimate of drug-likeness (QED) is 0.0580. The Kier molecular flexibility index (Phi) is 14.8. The summed E-state index contributed by atoms with van der Waals surface area (Å²) in [5.74, 6) is -3.42. The smallest absolute Gasteiger partial charge is 0.328 e. The summed E-state index contributed by atoms with van der Waals surface area (Å²) in [5.41, 5.74) is 16.3. The molecule has 14 nitrogen and oxygen atoms in total. The second kappa shape index (κ2) is 16.1. The van der Waals surface area contributed by atoms with Crippen molar-refractivity contribution in [3.8, 4) is 0 Å². The van der Waals surface area contributed by atoms with Crippen molar-refractivity contribution in [1.29, 1.82) is 0 Å². The van der Waals surface area contributed by atoms with Gasteiger partial charge in [-0.05, 0) is 31.3 Å². The molecule has 4 unspecified atom stereocenters. The number of hydrogen-bond acceptors (Lipinski definition) is 9.